The molecule has 5 nitrogen and oxygen atoms in total. The number of ether oxygens (including phenoxy) is 2. The standard InChI is InChI=1S/C14H28N2O3/c1-3-8-16(11-13-4-6-15-7-5-13)14(17)12-19-10-9-18-2/h13,15H,3-12H2,1-2H3. The molecule has 0 saturated carbocycles. The lowest BCUT2D eigenvalue weighted by molar-refractivity contribution is -0.137. The van der Waals surface area contributed by atoms with E-state index in [4.69, 9.17) is 9.47 Å². The van der Waals surface area contributed by atoms with Gasteiger partial charge in [-0.15, -0.1) is 0 Å². The molecule has 0 unspecified atom stereocenters. The molecule has 1 fully saturated rings. The van der Waals surface area contributed by atoms with Gasteiger partial charge in [0.05, 0.1) is 13.2 Å². The number of methoxy groups -OCH3 is 1. The normalized spacial score (nSPS) is 16.5. The molecular formula is C14H28N2O3. The molecule has 1 aliphatic heterocycles. The summed E-state index contributed by atoms with van der Waals surface area (Å²) in [5.74, 6) is 0.743. The van der Waals surface area contributed by atoms with E-state index in [2.05, 4.69) is 12.2 Å². The van der Waals surface area contributed by atoms with Gasteiger partial charge >= 0.3 is 0 Å². The van der Waals surface area contributed by atoms with E-state index in [9.17, 15) is 4.79 Å². The van der Waals surface area contributed by atoms with Crippen LogP contribution in [0.15, 0.2) is 0 Å². The number of hydrogen-bond acceptors (Lipinski definition) is 4. The average Bonchev–Trinajstić information content (AvgIpc) is 2.44. The van der Waals surface area contributed by atoms with Crippen LogP contribution in [0, 0.1) is 5.92 Å². The summed E-state index contributed by atoms with van der Waals surface area (Å²) in [7, 11) is 1.63. The second kappa shape index (κ2) is 10.2. The molecule has 0 aromatic carbocycles. The molecule has 5 heteroatoms. The summed E-state index contributed by atoms with van der Waals surface area (Å²) in [5, 5.41) is 3.36. The van der Waals surface area contributed by atoms with Crippen molar-refractivity contribution in [3.63, 3.8) is 0 Å². The van der Waals surface area contributed by atoms with Crippen molar-refractivity contribution >= 4 is 5.91 Å². The Morgan fingerprint density at radius 3 is 2.68 bits per heavy atom. The number of piperidine rings is 1. The van der Waals surface area contributed by atoms with Crippen LogP contribution in [-0.2, 0) is 14.3 Å². The largest absolute Gasteiger partial charge is 0.382 e. The van der Waals surface area contributed by atoms with E-state index in [0.29, 0.717) is 19.1 Å². The maximum atomic E-state index is 12.1. The zero-order valence-corrected chi connectivity index (χ0v) is 12.3. The first-order chi connectivity index (χ1) is 9.27. The fourth-order valence-corrected chi connectivity index (χ4v) is 2.36. The molecule has 0 radical (unpaired) electrons. The third-order valence-electron chi connectivity index (χ3n) is 3.44. The zero-order chi connectivity index (χ0) is 13.9. The van der Waals surface area contributed by atoms with Gasteiger partial charge in [-0.05, 0) is 38.3 Å². The summed E-state index contributed by atoms with van der Waals surface area (Å²) in [6.45, 7) is 7.15. The molecule has 1 heterocycles. The number of rotatable bonds is 9. The molecule has 0 aliphatic carbocycles. The van der Waals surface area contributed by atoms with Crippen LogP contribution in [0.25, 0.3) is 0 Å². The zero-order valence-electron chi connectivity index (χ0n) is 12.3. The summed E-state index contributed by atoms with van der Waals surface area (Å²) in [6.07, 6.45) is 3.32. The van der Waals surface area contributed by atoms with Crippen molar-refractivity contribution in [3.05, 3.63) is 0 Å². The Morgan fingerprint density at radius 2 is 2.05 bits per heavy atom. The Balaban J connectivity index is 2.30. The fourth-order valence-electron chi connectivity index (χ4n) is 2.36. The average molecular weight is 272 g/mol. The van der Waals surface area contributed by atoms with Crippen molar-refractivity contribution in [2.24, 2.45) is 5.92 Å². The van der Waals surface area contributed by atoms with Crippen LogP contribution in [0.1, 0.15) is 26.2 Å². The Bertz CT molecular complexity index is 243. The van der Waals surface area contributed by atoms with E-state index in [1.807, 2.05) is 4.90 Å². The number of amides is 1. The lowest BCUT2D eigenvalue weighted by atomic mass is 9.97. The van der Waals surface area contributed by atoms with E-state index in [1.165, 1.54) is 0 Å². The van der Waals surface area contributed by atoms with Crippen LogP contribution in [0.3, 0.4) is 0 Å². The van der Waals surface area contributed by atoms with Crippen LogP contribution < -0.4 is 5.32 Å². The predicted molar refractivity (Wildman–Crippen MR) is 75.2 cm³/mol. The minimum atomic E-state index is 0.108. The van der Waals surface area contributed by atoms with E-state index in [1.54, 1.807) is 7.11 Å². The quantitative estimate of drug-likeness (QED) is 0.633. The van der Waals surface area contributed by atoms with Gasteiger partial charge in [0.1, 0.15) is 6.61 Å². The van der Waals surface area contributed by atoms with Crippen LogP contribution in [0.4, 0.5) is 0 Å². The highest BCUT2D eigenvalue weighted by molar-refractivity contribution is 5.77. The first kappa shape index (κ1) is 16.4. The number of carbonyl (C=O) groups is 1. The third kappa shape index (κ3) is 6.89. The molecule has 0 spiro atoms. The Labute approximate surface area is 116 Å². The SMILES string of the molecule is CCCN(CC1CCNCC1)C(=O)COCCOC. The smallest absolute Gasteiger partial charge is 0.248 e. The van der Waals surface area contributed by atoms with Crippen LogP contribution in [0.2, 0.25) is 0 Å². The van der Waals surface area contributed by atoms with Gasteiger partial charge in [-0.2, -0.15) is 0 Å². The first-order valence-corrected chi connectivity index (χ1v) is 7.33. The van der Waals surface area contributed by atoms with Gasteiger partial charge in [-0.1, -0.05) is 6.92 Å². The predicted octanol–water partition coefficient (Wildman–Crippen LogP) is 0.888. The maximum Gasteiger partial charge on any atom is 0.248 e. The lowest BCUT2D eigenvalue weighted by Gasteiger charge is -2.30. The summed E-state index contributed by atoms with van der Waals surface area (Å²) in [4.78, 5) is 14.1. The van der Waals surface area contributed by atoms with Gasteiger partial charge in [0, 0.05) is 20.2 Å². The van der Waals surface area contributed by atoms with Crippen molar-refractivity contribution in [1.29, 1.82) is 0 Å². The van der Waals surface area contributed by atoms with E-state index >= 15 is 0 Å². The molecule has 0 aromatic rings. The van der Waals surface area contributed by atoms with Gasteiger partial charge in [-0.3, -0.25) is 4.79 Å². The van der Waals surface area contributed by atoms with Gasteiger partial charge < -0.3 is 19.7 Å². The van der Waals surface area contributed by atoms with Crippen LogP contribution in [-0.4, -0.2) is 63.9 Å². The topological polar surface area (TPSA) is 50.8 Å². The van der Waals surface area contributed by atoms with Gasteiger partial charge in [0.25, 0.3) is 0 Å². The molecule has 1 amide bonds. The summed E-state index contributed by atoms with van der Waals surface area (Å²) < 4.78 is 10.2. The molecular weight excluding hydrogens is 244 g/mol. The van der Waals surface area contributed by atoms with Gasteiger partial charge in [0.15, 0.2) is 0 Å². The molecule has 19 heavy (non-hydrogen) atoms. The molecule has 0 bridgehead atoms. The maximum absolute atomic E-state index is 12.1. The highest BCUT2D eigenvalue weighted by Crippen LogP contribution is 2.13. The number of carbonyl (C=O) groups excluding carboxylic acids is 1. The van der Waals surface area contributed by atoms with E-state index in [-0.39, 0.29) is 12.5 Å². The summed E-state index contributed by atoms with van der Waals surface area (Å²) in [5.41, 5.74) is 0. The monoisotopic (exact) mass is 272 g/mol. The molecule has 0 atom stereocenters. The number of nitrogens with zero attached hydrogens (tertiary/aromatic N) is 1. The Hall–Kier alpha value is -0.650. The summed E-state index contributed by atoms with van der Waals surface area (Å²) in [6, 6.07) is 0. The van der Waals surface area contributed by atoms with Crippen molar-refractivity contribution < 1.29 is 14.3 Å². The van der Waals surface area contributed by atoms with E-state index in [0.717, 1.165) is 45.4 Å². The highest BCUT2D eigenvalue weighted by atomic mass is 16.5. The highest BCUT2D eigenvalue weighted by Gasteiger charge is 2.20. The molecule has 1 saturated heterocycles. The molecule has 1 aliphatic rings. The van der Waals surface area contributed by atoms with Crippen molar-refractivity contribution in [2.75, 3.05) is 53.1 Å². The second-order valence-corrected chi connectivity index (χ2v) is 5.08. The minimum absolute atomic E-state index is 0.108. The van der Waals surface area contributed by atoms with Crippen LogP contribution in [0.5, 0.6) is 0 Å². The lowest BCUT2D eigenvalue weighted by Crippen LogP contribution is -2.41. The molecule has 1 rings (SSSR count). The molecule has 112 valence electrons. The van der Waals surface area contributed by atoms with E-state index < -0.39 is 0 Å². The summed E-state index contributed by atoms with van der Waals surface area (Å²) >= 11 is 0. The first-order valence-electron chi connectivity index (χ1n) is 7.33. The second-order valence-electron chi connectivity index (χ2n) is 5.08. The van der Waals surface area contributed by atoms with Crippen molar-refractivity contribution in [2.45, 2.75) is 26.2 Å². The molecule has 1 N–H and O–H groups in total. The number of nitrogens with one attached hydrogen (secondary N) is 1. The Kier molecular flexibility index (Phi) is 8.79. The molecule has 0 aromatic heterocycles. The van der Waals surface area contributed by atoms with Crippen LogP contribution >= 0.6 is 0 Å². The minimum Gasteiger partial charge on any atom is -0.382 e. The van der Waals surface area contributed by atoms with Gasteiger partial charge in [0.2, 0.25) is 5.91 Å². The van der Waals surface area contributed by atoms with Gasteiger partial charge in [-0.25, -0.2) is 0 Å². The van der Waals surface area contributed by atoms with Crippen molar-refractivity contribution in [3.8, 4) is 0 Å². The Morgan fingerprint density at radius 1 is 1.32 bits per heavy atom. The number of hydrogen-bond donors (Lipinski definition) is 1. The van der Waals surface area contributed by atoms with Crippen molar-refractivity contribution in [1.82, 2.24) is 10.2 Å². The third-order valence-corrected chi connectivity index (χ3v) is 3.44. The fraction of sp³-hybridized carbons (Fsp3) is 0.929.